The summed E-state index contributed by atoms with van der Waals surface area (Å²) in [6, 6.07) is 7.33. The molecule has 0 saturated carbocycles. The van der Waals surface area contributed by atoms with Crippen LogP contribution in [0.2, 0.25) is 0 Å². The molecule has 1 aromatic carbocycles. The Labute approximate surface area is 220 Å². The molecule has 2 fully saturated rings. The van der Waals surface area contributed by atoms with Crippen molar-refractivity contribution in [2.45, 2.75) is 56.9 Å². The van der Waals surface area contributed by atoms with Gasteiger partial charge in [0.1, 0.15) is 17.5 Å². The van der Waals surface area contributed by atoms with Crippen molar-refractivity contribution in [3.8, 4) is 0 Å². The number of nitrogens with two attached hydrogens (primary N) is 1. The van der Waals surface area contributed by atoms with Crippen LogP contribution < -0.4 is 21.7 Å². The summed E-state index contributed by atoms with van der Waals surface area (Å²) in [5.41, 5.74) is 9.99. The molecule has 38 heavy (non-hydrogen) atoms. The molecule has 0 bridgehead atoms. The Balaban J connectivity index is 1.30. The first kappa shape index (κ1) is 24.8. The van der Waals surface area contributed by atoms with Crippen molar-refractivity contribution in [1.82, 2.24) is 20.0 Å². The van der Waals surface area contributed by atoms with Crippen molar-refractivity contribution in [3.05, 3.63) is 53.1 Å². The average molecular weight is 524 g/mol. The second kappa shape index (κ2) is 10.4. The van der Waals surface area contributed by atoms with Crippen LogP contribution in [0.5, 0.6) is 0 Å². The smallest absolute Gasteiger partial charge is 0.189 e. The number of hydrogen-bond donors (Lipinski definition) is 5. The Bertz CT molecular complexity index is 1310. The number of rotatable bonds is 6. The lowest BCUT2D eigenvalue weighted by molar-refractivity contribution is 0.0667. The number of aryl methyl sites for hydroxylation is 1. The second-order valence-corrected chi connectivity index (χ2v) is 10.3. The van der Waals surface area contributed by atoms with Crippen LogP contribution >= 0.6 is 0 Å². The number of anilines is 3. The number of amidine groups is 1. The Morgan fingerprint density at radius 3 is 2.63 bits per heavy atom. The molecule has 11 nitrogen and oxygen atoms in total. The van der Waals surface area contributed by atoms with Crippen molar-refractivity contribution in [2.24, 2.45) is 10.7 Å². The summed E-state index contributed by atoms with van der Waals surface area (Å²) in [5.74, 6) is 0.528. The van der Waals surface area contributed by atoms with Crippen LogP contribution in [-0.4, -0.2) is 64.1 Å². The standard InChI is InChI=1S/C26H34FN9O2/c1-16-12-23(35-34-16)31-24-20-15-29-36(19-6-10-38-11-7-19)25(20)33-26(28,32-24)14-17-2-3-21(27)22(13-17)30-18-4-8-37-9-5-18/h2-3,12-13,15,18-19,30,33H,4-11,14,28H2,1H3,(H2,31,32,34,35). The minimum Gasteiger partial charge on any atom is -0.381 e. The number of aliphatic imine (C=N–C) groups is 1. The zero-order valence-electron chi connectivity index (χ0n) is 21.5. The van der Waals surface area contributed by atoms with Crippen LogP contribution in [0.3, 0.4) is 0 Å². The fourth-order valence-electron chi connectivity index (χ4n) is 5.31. The summed E-state index contributed by atoms with van der Waals surface area (Å²) in [5, 5.41) is 22.1. The SMILES string of the molecule is Cc1cc(NC2=NC(N)(Cc3ccc(F)c(NC4CCOCC4)c3)Nc3c2cnn3C2CCOCC2)n[nH]1. The number of ether oxygens (including phenoxy) is 2. The predicted octanol–water partition coefficient (Wildman–Crippen LogP) is 3.14. The molecule has 6 N–H and O–H groups in total. The van der Waals surface area contributed by atoms with Crippen LogP contribution in [0.25, 0.3) is 0 Å². The maximum absolute atomic E-state index is 14.7. The molecule has 1 atom stereocenters. The van der Waals surface area contributed by atoms with Gasteiger partial charge in [-0.3, -0.25) is 10.8 Å². The van der Waals surface area contributed by atoms with Crippen molar-refractivity contribution in [3.63, 3.8) is 0 Å². The van der Waals surface area contributed by atoms with E-state index in [0.29, 0.717) is 50.2 Å². The van der Waals surface area contributed by atoms with Gasteiger partial charge in [0.15, 0.2) is 11.6 Å². The van der Waals surface area contributed by atoms with Crippen LogP contribution in [0.15, 0.2) is 35.5 Å². The maximum Gasteiger partial charge on any atom is 0.189 e. The molecular weight excluding hydrogens is 489 g/mol. The molecule has 3 aliphatic heterocycles. The van der Waals surface area contributed by atoms with Gasteiger partial charge in [-0.2, -0.15) is 10.2 Å². The molecule has 2 aromatic heterocycles. The van der Waals surface area contributed by atoms with Gasteiger partial charge in [0.25, 0.3) is 0 Å². The van der Waals surface area contributed by atoms with Gasteiger partial charge in [-0.25, -0.2) is 14.1 Å². The predicted molar refractivity (Wildman–Crippen MR) is 143 cm³/mol. The summed E-state index contributed by atoms with van der Waals surface area (Å²) >= 11 is 0. The fraction of sp³-hybridized carbons (Fsp3) is 0.500. The monoisotopic (exact) mass is 523 g/mol. The van der Waals surface area contributed by atoms with E-state index in [1.54, 1.807) is 12.3 Å². The Morgan fingerprint density at radius 2 is 1.89 bits per heavy atom. The van der Waals surface area contributed by atoms with E-state index in [0.717, 1.165) is 48.3 Å². The van der Waals surface area contributed by atoms with Crippen molar-refractivity contribution < 1.29 is 13.9 Å². The number of benzene rings is 1. The highest BCUT2D eigenvalue weighted by atomic mass is 19.1. The van der Waals surface area contributed by atoms with Gasteiger partial charge in [0, 0.05) is 50.7 Å². The van der Waals surface area contributed by atoms with E-state index in [9.17, 15) is 4.39 Å². The zero-order chi connectivity index (χ0) is 26.1. The molecule has 202 valence electrons. The number of hydrogen-bond acceptors (Lipinski definition) is 9. The van der Waals surface area contributed by atoms with E-state index in [1.165, 1.54) is 6.07 Å². The van der Waals surface area contributed by atoms with Crippen LogP contribution in [0, 0.1) is 12.7 Å². The third-order valence-electron chi connectivity index (χ3n) is 7.27. The number of nitrogens with one attached hydrogen (secondary N) is 4. The molecule has 6 rings (SSSR count). The van der Waals surface area contributed by atoms with Gasteiger partial charge in [0.05, 0.1) is 23.5 Å². The first-order chi connectivity index (χ1) is 18.5. The van der Waals surface area contributed by atoms with Gasteiger partial charge < -0.3 is 25.4 Å². The third-order valence-corrected chi connectivity index (χ3v) is 7.27. The molecule has 12 heteroatoms. The lowest BCUT2D eigenvalue weighted by Gasteiger charge is -2.34. The topological polar surface area (TPSA) is 139 Å². The second-order valence-electron chi connectivity index (χ2n) is 10.3. The van der Waals surface area contributed by atoms with E-state index in [4.69, 9.17) is 25.3 Å². The van der Waals surface area contributed by atoms with Crippen LogP contribution in [0.1, 0.15) is 48.5 Å². The van der Waals surface area contributed by atoms with Gasteiger partial charge in [-0.05, 0) is 50.3 Å². The van der Waals surface area contributed by atoms with Gasteiger partial charge in [0.2, 0.25) is 0 Å². The highest BCUT2D eigenvalue weighted by molar-refractivity contribution is 6.12. The summed E-state index contributed by atoms with van der Waals surface area (Å²) in [7, 11) is 0. The number of halogens is 1. The lowest BCUT2D eigenvalue weighted by atomic mass is 10.0. The van der Waals surface area contributed by atoms with Gasteiger partial charge >= 0.3 is 0 Å². The summed E-state index contributed by atoms with van der Waals surface area (Å²) in [4.78, 5) is 4.89. The third kappa shape index (κ3) is 5.24. The fourth-order valence-corrected chi connectivity index (χ4v) is 5.31. The maximum atomic E-state index is 14.7. The molecule has 0 amide bonds. The highest BCUT2D eigenvalue weighted by Crippen LogP contribution is 2.33. The Hall–Kier alpha value is -3.48. The van der Waals surface area contributed by atoms with Crippen LogP contribution in [0.4, 0.5) is 21.7 Å². The van der Waals surface area contributed by atoms with E-state index in [2.05, 4.69) is 26.1 Å². The normalized spacial score (nSPS) is 22.4. The molecule has 3 aliphatic rings. The number of nitrogens with zero attached hydrogens (tertiary/aromatic N) is 4. The number of fused-ring (bicyclic) bond motifs is 1. The summed E-state index contributed by atoms with van der Waals surface area (Å²) in [6.07, 6.45) is 5.56. The molecular formula is C26H34FN9O2. The Kier molecular flexibility index (Phi) is 6.76. The van der Waals surface area contributed by atoms with E-state index in [-0.39, 0.29) is 17.9 Å². The minimum absolute atomic E-state index is 0.177. The first-order valence-corrected chi connectivity index (χ1v) is 13.2. The largest absolute Gasteiger partial charge is 0.381 e. The summed E-state index contributed by atoms with van der Waals surface area (Å²) in [6.45, 7) is 4.68. The zero-order valence-corrected chi connectivity index (χ0v) is 21.5. The highest BCUT2D eigenvalue weighted by Gasteiger charge is 2.36. The number of H-pyrrole nitrogens is 1. The Morgan fingerprint density at radius 1 is 1.13 bits per heavy atom. The van der Waals surface area contributed by atoms with Crippen molar-refractivity contribution in [2.75, 3.05) is 42.4 Å². The first-order valence-electron chi connectivity index (χ1n) is 13.2. The quantitative estimate of drug-likeness (QED) is 0.332. The molecule has 2 saturated heterocycles. The molecule has 5 heterocycles. The molecule has 0 spiro atoms. The van der Waals surface area contributed by atoms with Gasteiger partial charge in [-0.1, -0.05) is 6.07 Å². The van der Waals surface area contributed by atoms with E-state index in [1.807, 2.05) is 23.7 Å². The molecule has 1 unspecified atom stereocenters. The van der Waals surface area contributed by atoms with Crippen molar-refractivity contribution >= 4 is 23.2 Å². The van der Waals surface area contributed by atoms with Gasteiger partial charge in [-0.15, -0.1) is 0 Å². The van der Waals surface area contributed by atoms with Crippen LogP contribution in [-0.2, 0) is 15.9 Å². The van der Waals surface area contributed by atoms with E-state index >= 15 is 0 Å². The molecule has 0 radical (unpaired) electrons. The molecule has 3 aromatic rings. The minimum atomic E-state index is -1.20. The molecule has 0 aliphatic carbocycles. The van der Waals surface area contributed by atoms with Crippen molar-refractivity contribution in [1.29, 1.82) is 0 Å². The lowest BCUT2D eigenvalue weighted by Crippen LogP contribution is -2.52. The average Bonchev–Trinajstić information content (AvgIpc) is 3.52. The van der Waals surface area contributed by atoms with E-state index < -0.39 is 5.79 Å². The number of aromatic nitrogens is 4. The number of aromatic amines is 1. The summed E-state index contributed by atoms with van der Waals surface area (Å²) < 4.78 is 27.7.